The van der Waals surface area contributed by atoms with Crippen molar-refractivity contribution in [2.24, 2.45) is 28.6 Å². The van der Waals surface area contributed by atoms with E-state index in [1.165, 1.54) is 0 Å². The summed E-state index contributed by atoms with van der Waals surface area (Å²) in [5.41, 5.74) is -5.44. The third kappa shape index (κ3) is 1.64. The van der Waals surface area contributed by atoms with E-state index in [2.05, 4.69) is 0 Å². The average Bonchev–Trinajstić information content (AvgIpc) is 3.24. The lowest BCUT2D eigenvalue weighted by Crippen LogP contribution is -2.64. The monoisotopic (exact) mass is 368 g/mol. The second kappa shape index (κ2) is 4.50. The van der Waals surface area contributed by atoms with E-state index in [0.717, 1.165) is 6.42 Å². The first-order valence-electron chi connectivity index (χ1n) is 10.0. The summed E-state index contributed by atoms with van der Waals surface area (Å²) < 4.78 is 5.81. The molecular weight excluding hydrogens is 336 g/mol. The minimum Gasteiger partial charge on any atom is -0.390 e. The van der Waals surface area contributed by atoms with Gasteiger partial charge in [0.1, 0.15) is 11.7 Å². The van der Waals surface area contributed by atoms with Gasteiger partial charge in [-0.15, -0.1) is 0 Å². The van der Waals surface area contributed by atoms with Gasteiger partial charge in [0.25, 0.3) is 0 Å². The van der Waals surface area contributed by atoms with Crippen LogP contribution >= 0.6 is 0 Å². The molecule has 5 fully saturated rings. The number of fused-ring (bicyclic) bond motifs is 4. The van der Waals surface area contributed by atoms with E-state index in [4.69, 9.17) is 4.74 Å². The van der Waals surface area contributed by atoms with Gasteiger partial charge in [-0.05, 0) is 51.4 Å². The lowest BCUT2D eigenvalue weighted by Gasteiger charge is -2.50. The third-order valence-electron chi connectivity index (χ3n) is 9.44. The molecule has 0 aromatic heterocycles. The lowest BCUT2D eigenvalue weighted by atomic mass is 9.58. The Morgan fingerprint density at radius 1 is 0.923 bits per heavy atom. The number of aliphatic hydroxyl groups is 5. The van der Waals surface area contributed by atoms with Crippen molar-refractivity contribution < 1.29 is 30.3 Å². The topological polar surface area (TPSA) is 114 Å². The van der Waals surface area contributed by atoms with Gasteiger partial charge in [0.2, 0.25) is 0 Å². The van der Waals surface area contributed by atoms with Gasteiger partial charge in [-0.1, -0.05) is 13.8 Å². The van der Waals surface area contributed by atoms with Crippen LogP contribution in [0.15, 0.2) is 0 Å². The molecule has 1 saturated heterocycles. The summed E-state index contributed by atoms with van der Waals surface area (Å²) in [7, 11) is 0. The zero-order chi connectivity index (χ0) is 19.1. The van der Waals surface area contributed by atoms with E-state index in [1.807, 2.05) is 13.8 Å². The highest BCUT2D eigenvalue weighted by Crippen LogP contribution is 2.72. The van der Waals surface area contributed by atoms with Crippen LogP contribution in [0.2, 0.25) is 0 Å². The fourth-order valence-corrected chi connectivity index (χ4v) is 8.15. The summed E-state index contributed by atoms with van der Waals surface area (Å²) in [6.07, 6.45) is -0.752. The van der Waals surface area contributed by atoms with Crippen molar-refractivity contribution in [1.82, 2.24) is 0 Å². The van der Waals surface area contributed by atoms with Crippen LogP contribution in [0.25, 0.3) is 0 Å². The van der Waals surface area contributed by atoms with Crippen molar-refractivity contribution in [1.29, 1.82) is 0 Å². The molecule has 11 atom stereocenters. The average molecular weight is 368 g/mol. The van der Waals surface area contributed by atoms with Crippen LogP contribution in [0.1, 0.15) is 53.4 Å². The van der Waals surface area contributed by atoms with Gasteiger partial charge in [-0.3, -0.25) is 0 Å². The van der Waals surface area contributed by atoms with Crippen molar-refractivity contribution in [3.8, 4) is 0 Å². The first kappa shape index (κ1) is 17.8. The summed E-state index contributed by atoms with van der Waals surface area (Å²) in [5.74, 6) is -0.921. The van der Waals surface area contributed by atoms with Crippen molar-refractivity contribution >= 4 is 0 Å². The van der Waals surface area contributed by atoms with E-state index in [9.17, 15) is 25.5 Å². The zero-order valence-corrected chi connectivity index (χ0v) is 16.0. The molecular formula is C20H32O6. The first-order valence-corrected chi connectivity index (χ1v) is 10.0. The standard InChI is InChI=1S/C20H32O6/c1-16(2)15-11(26-15)12-18(4,24)10-6-5-9-7-19(10,8-17(9,3)23)13(21)14(22)20(12,16)25/h9-15,21-25H,5-8H2,1-4H3/t9-,10-,11-,12-,13+,14-,15-,17+,18+,19?,20-/m0/s1. The van der Waals surface area contributed by atoms with Gasteiger partial charge < -0.3 is 30.3 Å². The molecule has 0 radical (unpaired) electrons. The predicted molar refractivity (Wildman–Crippen MR) is 92.0 cm³/mol. The Labute approximate surface area is 154 Å². The number of hydrogen-bond donors (Lipinski definition) is 5. The molecule has 4 aliphatic carbocycles. The van der Waals surface area contributed by atoms with Gasteiger partial charge in [0.15, 0.2) is 0 Å². The molecule has 5 rings (SSSR count). The van der Waals surface area contributed by atoms with E-state index in [-0.39, 0.29) is 24.0 Å². The van der Waals surface area contributed by atoms with Crippen LogP contribution in [-0.2, 0) is 4.74 Å². The molecule has 5 N–H and O–H groups in total. The highest BCUT2D eigenvalue weighted by Gasteiger charge is 2.83. The van der Waals surface area contributed by atoms with Gasteiger partial charge in [-0.25, -0.2) is 0 Å². The molecule has 0 aromatic carbocycles. The molecule has 1 aliphatic heterocycles. The molecule has 1 spiro atoms. The quantitative estimate of drug-likeness (QED) is 0.390. The normalized spacial score (nSPS) is 68.0. The van der Waals surface area contributed by atoms with Crippen molar-refractivity contribution in [3.05, 3.63) is 0 Å². The summed E-state index contributed by atoms with van der Waals surface area (Å²) in [6, 6.07) is 0. The SMILES string of the molecule is CC1(C)[C@H]2O[C@H]2[C@H]2[C@](C)(O)[C@@H]3CC[C@H]4CC3(C[C@@]4(C)O)[C@H](O)[C@H](O)[C@@]21O. The number of aliphatic hydroxyl groups excluding tert-OH is 2. The number of ether oxygens (including phenoxy) is 1. The van der Waals surface area contributed by atoms with Gasteiger partial charge in [0, 0.05) is 16.7 Å². The summed E-state index contributed by atoms with van der Waals surface area (Å²) in [5, 5.41) is 57.1. The highest BCUT2D eigenvalue weighted by atomic mass is 16.6. The molecule has 6 nitrogen and oxygen atoms in total. The second-order valence-electron chi connectivity index (χ2n) is 11.0. The summed E-state index contributed by atoms with van der Waals surface area (Å²) >= 11 is 0. The fraction of sp³-hybridized carbons (Fsp3) is 1.00. The third-order valence-corrected chi connectivity index (χ3v) is 9.44. The van der Waals surface area contributed by atoms with Crippen molar-refractivity contribution in [2.75, 3.05) is 0 Å². The maximum absolute atomic E-state index is 11.8. The lowest BCUT2D eigenvalue weighted by molar-refractivity contribution is -0.232. The number of epoxide rings is 1. The van der Waals surface area contributed by atoms with Crippen molar-refractivity contribution in [3.63, 3.8) is 0 Å². The number of hydrogen-bond acceptors (Lipinski definition) is 6. The van der Waals surface area contributed by atoms with E-state index in [0.29, 0.717) is 19.3 Å². The Morgan fingerprint density at radius 2 is 1.58 bits per heavy atom. The van der Waals surface area contributed by atoms with Gasteiger partial charge in [0.05, 0.1) is 29.5 Å². The number of rotatable bonds is 0. The Balaban J connectivity index is 1.71. The Hall–Kier alpha value is -0.240. The Morgan fingerprint density at radius 3 is 2.23 bits per heavy atom. The minimum absolute atomic E-state index is 0.0434. The van der Waals surface area contributed by atoms with Crippen LogP contribution in [0.3, 0.4) is 0 Å². The predicted octanol–water partition coefficient (Wildman–Crippen LogP) is 0.185. The Kier molecular flexibility index (Phi) is 3.08. The molecule has 0 amide bonds. The fourth-order valence-electron chi connectivity index (χ4n) is 8.15. The molecule has 6 heteroatoms. The van der Waals surface area contributed by atoms with Gasteiger partial charge in [-0.2, -0.15) is 0 Å². The minimum atomic E-state index is -1.64. The van der Waals surface area contributed by atoms with Crippen LogP contribution in [-0.4, -0.2) is 66.8 Å². The maximum Gasteiger partial charge on any atom is 0.110 e. The van der Waals surface area contributed by atoms with Gasteiger partial charge >= 0.3 is 0 Å². The van der Waals surface area contributed by atoms with E-state index >= 15 is 0 Å². The summed E-state index contributed by atoms with van der Waals surface area (Å²) in [6.45, 7) is 7.24. The molecule has 1 heterocycles. The molecule has 4 saturated carbocycles. The van der Waals surface area contributed by atoms with E-state index < -0.39 is 45.8 Å². The Bertz CT molecular complexity index is 659. The highest BCUT2D eigenvalue weighted by molar-refractivity contribution is 5.32. The largest absolute Gasteiger partial charge is 0.390 e. The molecule has 26 heavy (non-hydrogen) atoms. The molecule has 0 aromatic rings. The molecule has 5 aliphatic rings. The smallest absolute Gasteiger partial charge is 0.110 e. The van der Waals surface area contributed by atoms with Crippen LogP contribution in [0, 0.1) is 28.6 Å². The van der Waals surface area contributed by atoms with E-state index in [1.54, 1.807) is 13.8 Å². The van der Waals surface area contributed by atoms with Crippen molar-refractivity contribution in [2.45, 2.75) is 94.6 Å². The first-order chi connectivity index (χ1) is 11.8. The molecule has 1 unspecified atom stereocenters. The maximum atomic E-state index is 11.8. The van der Waals surface area contributed by atoms with Crippen LogP contribution in [0.5, 0.6) is 0 Å². The van der Waals surface area contributed by atoms with Crippen LogP contribution in [0.4, 0.5) is 0 Å². The van der Waals surface area contributed by atoms with Crippen LogP contribution < -0.4 is 0 Å². The molecule has 148 valence electrons. The zero-order valence-electron chi connectivity index (χ0n) is 16.0. The second-order valence-corrected chi connectivity index (χ2v) is 11.0. The summed E-state index contributed by atoms with van der Waals surface area (Å²) in [4.78, 5) is 0. The molecule has 2 bridgehead atoms.